The Hall–Kier alpha value is -1.71. The second-order valence-corrected chi connectivity index (χ2v) is 9.38. The number of carbonyl (C=O) groups excluding carboxylic acids is 1. The molecule has 3 rings (SSSR count). The van der Waals surface area contributed by atoms with Crippen LogP contribution in [0.25, 0.3) is 0 Å². The fourth-order valence-electron chi connectivity index (χ4n) is 3.03. The highest BCUT2D eigenvalue weighted by Crippen LogP contribution is 2.44. The van der Waals surface area contributed by atoms with Crippen molar-refractivity contribution in [2.45, 2.75) is 51.2 Å². The molecule has 9 heteroatoms. The zero-order valence-corrected chi connectivity index (χ0v) is 16.8. The van der Waals surface area contributed by atoms with E-state index in [1.165, 1.54) is 11.8 Å². The molecule has 2 aliphatic rings. The number of hydrogen-bond acceptors (Lipinski definition) is 6. The molecular weight excluding hydrogens is 374 g/mol. The molecule has 0 unspecified atom stereocenters. The number of thioether (sulfide) groups is 1. The van der Waals surface area contributed by atoms with E-state index < -0.39 is 16.9 Å². The lowest BCUT2D eigenvalue weighted by Gasteiger charge is -2.45. The van der Waals surface area contributed by atoms with Crippen molar-refractivity contribution in [3.63, 3.8) is 0 Å². The standard InChI is InChI=1S/C17H22N3O4S2/c1-10(2)18-15(21)20(22)14-17(3,4)26-16(25)19(14)8-11-5-6-12-13(7-11)24-9-23-12/h5-7,10,14H,8-9H2,1-4H3,(H,18,21)/q-1/t14-/m1/s1. The molecule has 1 fully saturated rings. The number of hydrogen-bond donors (Lipinski definition) is 1. The number of nitrogens with zero attached hydrogens (tertiary/aromatic N) is 2. The number of rotatable bonds is 4. The van der Waals surface area contributed by atoms with Crippen LogP contribution in [0.1, 0.15) is 33.3 Å². The Morgan fingerprint density at radius 1 is 1.46 bits per heavy atom. The highest BCUT2D eigenvalue weighted by molar-refractivity contribution is 8.24. The number of amides is 2. The van der Waals surface area contributed by atoms with Crippen molar-refractivity contribution in [3.8, 4) is 11.5 Å². The molecule has 0 aliphatic carbocycles. The smallest absolute Gasteiger partial charge is 0.308 e. The minimum Gasteiger partial charge on any atom is -0.753 e. The van der Waals surface area contributed by atoms with Crippen LogP contribution in [-0.2, 0) is 6.54 Å². The molecule has 0 aromatic heterocycles. The molecule has 0 saturated carbocycles. The van der Waals surface area contributed by atoms with Crippen molar-refractivity contribution in [1.82, 2.24) is 15.3 Å². The first-order chi connectivity index (χ1) is 12.2. The van der Waals surface area contributed by atoms with Gasteiger partial charge in [-0.3, -0.25) is 0 Å². The van der Waals surface area contributed by atoms with Gasteiger partial charge in [-0.1, -0.05) is 30.0 Å². The second kappa shape index (κ2) is 7.13. The minimum atomic E-state index is -0.704. The maximum atomic E-state index is 12.8. The number of urea groups is 1. The maximum Gasteiger partial charge on any atom is 0.308 e. The lowest BCUT2D eigenvalue weighted by molar-refractivity contribution is 0.127. The van der Waals surface area contributed by atoms with Crippen molar-refractivity contribution in [2.24, 2.45) is 0 Å². The molecule has 1 N–H and O–H groups in total. The van der Waals surface area contributed by atoms with Gasteiger partial charge in [0.05, 0.1) is 4.75 Å². The normalized spacial score (nSPS) is 20.6. The highest BCUT2D eigenvalue weighted by atomic mass is 32.2. The summed E-state index contributed by atoms with van der Waals surface area (Å²) in [4.78, 5) is 14.1. The molecule has 142 valence electrons. The first-order valence-corrected chi connectivity index (χ1v) is 9.56. The van der Waals surface area contributed by atoms with E-state index in [-0.39, 0.29) is 12.8 Å². The van der Waals surface area contributed by atoms with Crippen LogP contribution in [0, 0.1) is 5.21 Å². The summed E-state index contributed by atoms with van der Waals surface area (Å²) in [5.74, 6) is 1.37. The first-order valence-electron chi connectivity index (χ1n) is 8.34. The van der Waals surface area contributed by atoms with Gasteiger partial charge in [-0.2, -0.15) is 0 Å². The van der Waals surface area contributed by atoms with Gasteiger partial charge in [0.25, 0.3) is 0 Å². The summed E-state index contributed by atoms with van der Waals surface area (Å²) in [6.45, 7) is 8.08. The Morgan fingerprint density at radius 2 is 2.15 bits per heavy atom. The fourth-order valence-corrected chi connectivity index (χ4v) is 4.90. The molecule has 1 saturated heterocycles. The van der Waals surface area contributed by atoms with Crippen molar-refractivity contribution in [3.05, 3.63) is 29.0 Å². The van der Waals surface area contributed by atoms with E-state index in [1.54, 1.807) is 4.90 Å². The summed E-state index contributed by atoms with van der Waals surface area (Å²) in [5, 5.41) is 15.9. The number of thiocarbonyl (C=S) groups is 1. The van der Waals surface area contributed by atoms with E-state index in [0.717, 1.165) is 5.56 Å². The predicted molar refractivity (Wildman–Crippen MR) is 105 cm³/mol. The zero-order valence-electron chi connectivity index (χ0n) is 15.1. The van der Waals surface area contributed by atoms with E-state index in [9.17, 15) is 10.0 Å². The Morgan fingerprint density at radius 3 is 2.85 bits per heavy atom. The summed E-state index contributed by atoms with van der Waals surface area (Å²) in [7, 11) is 0. The Kier molecular flexibility index (Phi) is 5.23. The van der Waals surface area contributed by atoms with Crippen LogP contribution in [0.4, 0.5) is 4.79 Å². The summed E-state index contributed by atoms with van der Waals surface area (Å²) in [6, 6.07) is 4.85. The summed E-state index contributed by atoms with van der Waals surface area (Å²) < 4.78 is 10.8. The monoisotopic (exact) mass is 396 g/mol. The molecule has 0 spiro atoms. The molecule has 2 heterocycles. The summed E-state index contributed by atoms with van der Waals surface area (Å²) in [5.41, 5.74) is 0.928. The molecule has 1 aromatic carbocycles. The van der Waals surface area contributed by atoms with Crippen LogP contribution >= 0.6 is 24.0 Å². The van der Waals surface area contributed by atoms with Crippen molar-refractivity contribution >= 4 is 34.3 Å². The number of benzene rings is 1. The van der Waals surface area contributed by atoms with Gasteiger partial charge >= 0.3 is 6.03 Å². The molecule has 1 atom stereocenters. The second-order valence-electron chi connectivity index (χ2n) is 7.09. The molecule has 2 aliphatic heterocycles. The minimum absolute atomic E-state index is 0.120. The molecule has 1 aromatic rings. The molecule has 7 nitrogen and oxygen atoms in total. The van der Waals surface area contributed by atoms with Crippen molar-refractivity contribution in [1.29, 1.82) is 0 Å². The molecule has 2 amide bonds. The van der Waals surface area contributed by atoms with E-state index >= 15 is 0 Å². The average molecular weight is 397 g/mol. The predicted octanol–water partition coefficient (Wildman–Crippen LogP) is 3.27. The van der Waals surface area contributed by atoms with E-state index in [4.69, 9.17) is 21.7 Å². The van der Waals surface area contributed by atoms with Gasteiger partial charge in [-0.15, -0.1) is 0 Å². The highest BCUT2D eigenvalue weighted by Gasteiger charge is 2.46. The molecule has 26 heavy (non-hydrogen) atoms. The third-order valence-corrected chi connectivity index (χ3v) is 5.76. The number of fused-ring (bicyclic) bond motifs is 1. The number of ether oxygens (including phenoxy) is 2. The Bertz CT molecular complexity index is 726. The van der Waals surface area contributed by atoms with Gasteiger partial charge in [-0.25, -0.2) is 4.79 Å². The Labute approximate surface area is 162 Å². The van der Waals surface area contributed by atoms with E-state index in [2.05, 4.69) is 5.32 Å². The number of hydroxylamine groups is 2. The average Bonchev–Trinajstić information content (AvgIpc) is 3.08. The zero-order chi connectivity index (χ0) is 19.1. The fraction of sp³-hybridized carbons (Fsp3) is 0.529. The van der Waals surface area contributed by atoms with Crippen LogP contribution in [-0.4, -0.2) is 44.1 Å². The van der Waals surface area contributed by atoms with Crippen LogP contribution in [0.15, 0.2) is 18.2 Å². The lowest BCUT2D eigenvalue weighted by atomic mass is 10.1. The quantitative estimate of drug-likeness (QED) is 0.618. The van der Waals surface area contributed by atoms with Crippen LogP contribution < -0.4 is 14.8 Å². The van der Waals surface area contributed by atoms with Gasteiger partial charge in [0.1, 0.15) is 10.5 Å². The number of carbonyl (C=O) groups is 1. The topological polar surface area (TPSA) is 77.1 Å². The van der Waals surface area contributed by atoms with Gasteiger partial charge in [0.2, 0.25) is 6.79 Å². The Balaban J connectivity index is 1.83. The van der Waals surface area contributed by atoms with Crippen LogP contribution in [0.5, 0.6) is 11.5 Å². The third-order valence-electron chi connectivity index (χ3n) is 4.13. The largest absolute Gasteiger partial charge is 0.753 e. The molecule has 0 bridgehead atoms. The van der Waals surface area contributed by atoms with Gasteiger partial charge in [0, 0.05) is 12.6 Å². The van der Waals surface area contributed by atoms with Crippen LogP contribution in [0.3, 0.4) is 0 Å². The first kappa shape index (κ1) is 19.1. The SMILES string of the molecule is CC(C)NC(=O)N([O-])[C@H]1N(Cc2ccc3c(c2)OCO3)C(=S)SC1(C)C. The summed E-state index contributed by atoms with van der Waals surface area (Å²) in [6.07, 6.45) is -0.704. The van der Waals surface area contributed by atoms with Crippen molar-refractivity contribution in [2.75, 3.05) is 6.79 Å². The van der Waals surface area contributed by atoms with Crippen molar-refractivity contribution < 1.29 is 14.3 Å². The van der Waals surface area contributed by atoms with E-state index in [1.807, 2.05) is 45.9 Å². The number of nitrogens with one attached hydrogen (secondary N) is 1. The lowest BCUT2D eigenvalue weighted by Crippen LogP contribution is -2.56. The third kappa shape index (κ3) is 3.70. The molecular formula is C17H22N3O4S2-. The van der Waals surface area contributed by atoms with Gasteiger partial charge in [-0.05, 0) is 45.4 Å². The maximum absolute atomic E-state index is 12.8. The van der Waals surface area contributed by atoms with Crippen LogP contribution in [0.2, 0.25) is 0 Å². The van der Waals surface area contributed by atoms with E-state index in [0.29, 0.717) is 27.4 Å². The van der Waals surface area contributed by atoms with Gasteiger partial charge < -0.3 is 30.0 Å². The summed E-state index contributed by atoms with van der Waals surface area (Å²) >= 11 is 6.92. The van der Waals surface area contributed by atoms with Gasteiger partial charge in [0.15, 0.2) is 11.5 Å². The molecule has 0 radical (unpaired) electrons.